The van der Waals surface area contributed by atoms with E-state index in [0.29, 0.717) is 10.7 Å². The van der Waals surface area contributed by atoms with Gasteiger partial charge in [0.05, 0.1) is 10.7 Å². The van der Waals surface area contributed by atoms with Gasteiger partial charge in [-0.3, -0.25) is 4.72 Å². The van der Waals surface area contributed by atoms with E-state index in [1.807, 2.05) is 0 Å². The molecule has 1 aromatic carbocycles. The van der Waals surface area contributed by atoms with Crippen LogP contribution in [0.5, 0.6) is 0 Å². The highest BCUT2D eigenvalue weighted by atomic mass is 79.9. The molecule has 0 heterocycles. The normalized spacial score (nSPS) is 15.0. The first-order valence-corrected chi connectivity index (χ1v) is 6.49. The molecule has 0 amide bonds. The Kier molecular flexibility index (Phi) is 3.21. The molecule has 0 aliphatic carbocycles. The van der Waals surface area contributed by atoms with Crippen LogP contribution in [0.1, 0.15) is 0 Å². The molecular weight excluding hydrogens is 276 g/mol. The van der Waals surface area contributed by atoms with Crippen molar-refractivity contribution in [3.05, 3.63) is 27.7 Å². The van der Waals surface area contributed by atoms with Crippen molar-refractivity contribution in [3.8, 4) is 0 Å². The van der Waals surface area contributed by atoms with Gasteiger partial charge in [0.1, 0.15) is 9.92 Å². The van der Waals surface area contributed by atoms with Crippen molar-refractivity contribution in [1.82, 2.24) is 0 Å². The molecule has 2 N–H and O–H groups in total. The van der Waals surface area contributed by atoms with Gasteiger partial charge < -0.3 is 0 Å². The molecule has 1 aromatic rings. The molecule has 0 spiro atoms. The summed E-state index contributed by atoms with van der Waals surface area (Å²) in [6, 6.07) is 5.12. The molecule has 6 heteroatoms. The zero-order valence-electron chi connectivity index (χ0n) is 6.80. The lowest BCUT2D eigenvalue weighted by atomic mass is 10.3. The fourth-order valence-electron chi connectivity index (χ4n) is 0.786. The second kappa shape index (κ2) is 3.86. The van der Waals surface area contributed by atoms with E-state index >= 15 is 0 Å². The summed E-state index contributed by atoms with van der Waals surface area (Å²) in [6.07, 6.45) is 1.30. The molecule has 3 nitrogen and oxygen atoms in total. The molecule has 72 valence electrons. The highest BCUT2D eigenvalue weighted by molar-refractivity contribution is 9.10. The van der Waals surface area contributed by atoms with Crippen LogP contribution in [0.25, 0.3) is 0 Å². The first-order valence-electron chi connectivity index (χ1n) is 3.35. The molecule has 0 aliphatic heterocycles. The minimum absolute atomic E-state index is 0.449. The number of hydrogen-bond donors (Lipinski definition) is 2. The standard InChI is InChI=1S/C7H8BrClN2OS/c1-13(10,12)11-7-4-5(8)2-3-6(7)9/h2-4H,1H3,(H2,10,11,12). The molecule has 1 rings (SSSR count). The number of halogens is 2. The zero-order chi connectivity index (χ0) is 10.1. The number of anilines is 1. The molecule has 0 saturated heterocycles. The van der Waals surface area contributed by atoms with E-state index < -0.39 is 9.92 Å². The maximum atomic E-state index is 11.1. The van der Waals surface area contributed by atoms with Gasteiger partial charge in [0, 0.05) is 10.7 Å². The van der Waals surface area contributed by atoms with Crippen LogP contribution >= 0.6 is 27.5 Å². The molecule has 0 saturated carbocycles. The Hall–Kier alpha value is -0.260. The molecule has 0 radical (unpaired) electrons. The summed E-state index contributed by atoms with van der Waals surface area (Å²) in [5.41, 5.74) is 0.499. The lowest BCUT2D eigenvalue weighted by Gasteiger charge is -2.07. The van der Waals surface area contributed by atoms with Gasteiger partial charge in [-0.1, -0.05) is 27.5 Å². The summed E-state index contributed by atoms with van der Waals surface area (Å²) < 4.78 is 21.6. The van der Waals surface area contributed by atoms with Crippen molar-refractivity contribution in [2.45, 2.75) is 0 Å². The number of hydrogen-bond acceptors (Lipinski definition) is 2. The fraction of sp³-hybridized carbons (Fsp3) is 0.143. The minimum Gasteiger partial charge on any atom is -0.298 e. The molecular formula is C7H8BrClN2OS. The predicted octanol–water partition coefficient (Wildman–Crippen LogP) is 3.11. The average Bonchev–Trinajstić information content (AvgIpc) is 1.94. The maximum absolute atomic E-state index is 11.1. The molecule has 0 aromatic heterocycles. The Morgan fingerprint density at radius 1 is 1.62 bits per heavy atom. The van der Waals surface area contributed by atoms with Gasteiger partial charge in [-0.05, 0) is 18.2 Å². The summed E-state index contributed by atoms with van der Waals surface area (Å²) in [5.74, 6) is 0. The smallest absolute Gasteiger partial charge is 0.123 e. The van der Waals surface area contributed by atoms with Crippen LogP contribution in [0, 0.1) is 4.78 Å². The van der Waals surface area contributed by atoms with Crippen LogP contribution in [0.15, 0.2) is 22.7 Å². The summed E-state index contributed by atoms with van der Waals surface area (Å²) in [4.78, 5) is 0. The van der Waals surface area contributed by atoms with Crippen LogP contribution < -0.4 is 4.72 Å². The van der Waals surface area contributed by atoms with Crippen molar-refractivity contribution in [3.63, 3.8) is 0 Å². The van der Waals surface area contributed by atoms with Gasteiger partial charge in [-0.25, -0.2) is 8.99 Å². The number of rotatable bonds is 2. The monoisotopic (exact) mass is 282 g/mol. The second-order valence-electron chi connectivity index (χ2n) is 2.57. The minimum atomic E-state index is -2.77. The highest BCUT2D eigenvalue weighted by Crippen LogP contribution is 2.26. The summed E-state index contributed by atoms with van der Waals surface area (Å²) in [6.45, 7) is 0. The van der Waals surface area contributed by atoms with Crippen molar-refractivity contribution in [2.75, 3.05) is 11.0 Å². The predicted molar refractivity (Wildman–Crippen MR) is 59.6 cm³/mol. The van der Waals surface area contributed by atoms with E-state index in [-0.39, 0.29) is 0 Å². The van der Waals surface area contributed by atoms with Crippen LogP contribution in [-0.4, -0.2) is 10.5 Å². The van der Waals surface area contributed by atoms with Gasteiger partial charge in [-0.2, -0.15) is 0 Å². The van der Waals surface area contributed by atoms with Crippen molar-refractivity contribution in [1.29, 1.82) is 4.78 Å². The van der Waals surface area contributed by atoms with E-state index in [1.54, 1.807) is 18.2 Å². The first-order chi connectivity index (χ1) is 5.88. The lowest BCUT2D eigenvalue weighted by Crippen LogP contribution is -2.08. The molecule has 0 aliphatic rings. The number of benzene rings is 1. The quantitative estimate of drug-likeness (QED) is 0.861. The molecule has 13 heavy (non-hydrogen) atoms. The van der Waals surface area contributed by atoms with Gasteiger partial charge in [0.2, 0.25) is 0 Å². The van der Waals surface area contributed by atoms with Crippen LogP contribution in [0.2, 0.25) is 5.02 Å². The summed E-state index contributed by atoms with van der Waals surface area (Å²) in [7, 11) is -2.77. The molecule has 1 atom stereocenters. The third kappa shape index (κ3) is 3.54. The van der Waals surface area contributed by atoms with Crippen LogP contribution in [0.3, 0.4) is 0 Å². The highest BCUT2D eigenvalue weighted by Gasteiger charge is 2.03. The molecule has 0 bridgehead atoms. The SMILES string of the molecule is CS(=N)(=O)Nc1cc(Br)ccc1Cl. The Bertz CT molecular complexity index is 419. The zero-order valence-corrected chi connectivity index (χ0v) is 9.96. The topological polar surface area (TPSA) is 53.0 Å². The van der Waals surface area contributed by atoms with E-state index in [1.165, 1.54) is 6.26 Å². The molecule has 1 unspecified atom stereocenters. The Morgan fingerprint density at radius 3 is 2.77 bits per heavy atom. The Labute approximate surface area is 90.7 Å². The second-order valence-corrected chi connectivity index (χ2v) is 5.78. The Balaban J connectivity index is 3.08. The van der Waals surface area contributed by atoms with Crippen molar-refractivity contribution < 1.29 is 4.21 Å². The van der Waals surface area contributed by atoms with Crippen LogP contribution in [-0.2, 0) is 9.92 Å². The third-order valence-electron chi connectivity index (χ3n) is 1.23. The fourth-order valence-corrected chi connectivity index (χ4v) is 1.96. The van der Waals surface area contributed by atoms with Crippen molar-refractivity contribution in [2.24, 2.45) is 0 Å². The van der Waals surface area contributed by atoms with E-state index in [4.69, 9.17) is 16.4 Å². The Morgan fingerprint density at radius 2 is 2.23 bits per heavy atom. The maximum Gasteiger partial charge on any atom is 0.123 e. The summed E-state index contributed by atoms with van der Waals surface area (Å²) in [5, 5.41) is 0.449. The van der Waals surface area contributed by atoms with Gasteiger partial charge in [0.15, 0.2) is 0 Å². The van der Waals surface area contributed by atoms with E-state index in [0.717, 1.165) is 4.47 Å². The summed E-state index contributed by atoms with van der Waals surface area (Å²) >= 11 is 9.06. The van der Waals surface area contributed by atoms with Gasteiger partial charge in [0.25, 0.3) is 0 Å². The van der Waals surface area contributed by atoms with E-state index in [2.05, 4.69) is 20.7 Å². The average molecular weight is 284 g/mol. The third-order valence-corrected chi connectivity index (χ3v) is 2.67. The largest absolute Gasteiger partial charge is 0.298 e. The van der Waals surface area contributed by atoms with Crippen molar-refractivity contribution >= 4 is 43.1 Å². The van der Waals surface area contributed by atoms with Crippen LogP contribution in [0.4, 0.5) is 5.69 Å². The lowest BCUT2D eigenvalue weighted by molar-refractivity contribution is 0.682. The van der Waals surface area contributed by atoms with Gasteiger partial charge >= 0.3 is 0 Å². The van der Waals surface area contributed by atoms with E-state index in [9.17, 15) is 4.21 Å². The molecule has 0 fully saturated rings. The van der Waals surface area contributed by atoms with Gasteiger partial charge in [-0.15, -0.1) is 0 Å². The first kappa shape index (κ1) is 10.8. The number of nitrogens with one attached hydrogen (secondary N) is 2.